The van der Waals surface area contributed by atoms with Crippen molar-refractivity contribution in [3.8, 4) is 0 Å². The molecule has 1 heteroatoms. The van der Waals surface area contributed by atoms with Crippen LogP contribution in [0, 0.1) is 17.7 Å². The second kappa shape index (κ2) is 6.18. The Labute approximate surface area is 104 Å². The number of rotatable bonds is 3. The zero-order valence-corrected chi connectivity index (χ0v) is 10.8. The Bertz CT molecular complexity index is 328. The second-order valence-corrected chi connectivity index (χ2v) is 5.48. The van der Waals surface area contributed by atoms with Crippen LogP contribution in [0.3, 0.4) is 0 Å². The SMILES string of the molecule is CCC1CCCC(Cc2ccc(F)cc2)CC1. The van der Waals surface area contributed by atoms with E-state index in [4.69, 9.17) is 0 Å². The third-order valence-corrected chi connectivity index (χ3v) is 4.22. The standard InChI is InChI=1S/C16H23F/c1-2-13-4-3-5-14(7-6-13)12-15-8-10-16(17)11-9-15/h8-11,13-14H,2-7,12H2,1H3. The van der Waals surface area contributed by atoms with Crippen LogP contribution in [-0.2, 0) is 6.42 Å². The molecule has 17 heavy (non-hydrogen) atoms. The molecule has 1 aromatic carbocycles. The quantitative estimate of drug-likeness (QED) is 0.647. The maximum absolute atomic E-state index is 12.8. The average molecular weight is 234 g/mol. The van der Waals surface area contributed by atoms with Gasteiger partial charge in [-0.1, -0.05) is 51.2 Å². The normalized spacial score (nSPS) is 25.5. The molecule has 1 fully saturated rings. The summed E-state index contributed by atoms with van der Waals surface area (Å²) in [6.45, 7) is 2.31. The molecule has 0 heterocycles. The summed E-state index contributed by atoms with van der Waals surface area (Å²) in [7, 11) is 0. The Morgan fingerprint density at radius 3 is 2.35 bits per heavy atom. The van der Waals surface area contributed by atoms with E-state index in [0.29, 0.717) is 0 Å². The van der Waals surface area contributed by atoms with Crippen LogP contribution < -0.4 is 0 Å². The van der Waals surface area contributed by atoms with E-state index < -0.39 is 0 Å². The molecule has 0 nitrogen and oxygen atoms in total. The third-order valence-electron chi connectivity index (χ3n) is 4.22. The van der Waals surface area contributed by atoms with E-state index in [2.05, 4.69) is 6.92 Å². The molecule has 0 aliphatic heterocycles. The van der Waals surface area contributed by atoms with Gasteiger partial charge in [0.1, 0.15) is 5.82 Å². The molecular weight excluding hydrogens is 211 g/mol. The third kappa shape index (κ3) is 3.83. The molecule has 0 aromatic heterocycles. The fraction of sp³-hybridized carbons (Fsp3) is 0.625. The van der Waals surface area contributed by atoms with Crippen molar-refractivity contribution in [2.24, 2.45) is 11.8 Å². The van der Waals surface area contributed by atoms with E-state index in [-0.39, 0.29) is 5.82 Å². The lowest BCUT2D eigenvalue weighted by molar-refractivity contribution is 0.421. The van der Waals surface area contributed by atoms with Gasteiger partial charge in [0.05, 0.1) is 0 Å². The number of halogens is 1. The van der Waals surface area contributed by atoms with Crippen molar-refractivity contribution in [1.82, 2.24) is 0 Å². The highest BCUT2D eigenvalue weighted by atomic mass is 19.1. The van der Waals surface area contributed by atoms with Gasteiger partial charge in [0.25, 0.3) is 0 Å². The van der Waals surface area contributed by atoms with Gasteiger partial charge in [-0.25, -0.2) is 4.39 Å². The Morgan fingerprint density at radius 1 is 1.00 bits per heavy atom. The Morgan fingerprint density at radius 2 is 1.65 bits per heavy atom. The molecule has 0 spiro atoms. The van der Waals surface area contributed by atoms with E-state index in [1.54, 1.807) is 12.1 Å². The van der Waals surface area contributed by atoms with E-state index in [1.807, 2.05) is 12.1 Å². The van der Waals surface area contributed by atoms with Gasteiger partial charge in [0.2, 0.25) is 0 Å². The van der Waals surface area contributed by atoms with Crippen molar-refractivity contribution < 1.29 is 4.39 Å². The fourth-order valence-corrected chi connectivity index (χ4v) is 3.02. The molecule has 0 saturated heterocycles. The molecule has 1 aliphatic carbocycles. The predicted molar refractivity (Wildman–Crippen MR) is 70.5 cm³/mol. The Hall–Kier alpha value is -0.850. The van der Waals surface area contributed by atoms with Crippen molar-refractivity contribution in [2.75, 3.05) is 0 Å². The summed E-state index contributed by atoms with van der Waals surface area (Å²) in [6.07, 6.45) is 9.37. The second-order valence-electron chi connectivity index (χ2n) is 5.48. The molecular formula is C16H23F. The monoisotopic (exact) mass is 234 g/mol. The first kappa shape index (κ1) is 12.6. The van der Waals surface area contributed by atoms with Crippen LogP contribution in [0.4, 0.5) is 4.39 Å². The maximum Gasteiger partial charge on any atom is 0.123 e. The molecule has 2 unspecified atom stereocenters. The van der Waals surface area contributed by atoms with Crippen LogP contribution >= 0.6 is 0 Å². The topological polar surface area (TPSA) is 0 Å². The summed E-state index contributed by atoms with van der Waals surface area (Å²) in [6, 6.07) is 7.05. The van der Waals surface area contributed by atoms with Crippen LogP contribution in [0.2, 0.25) is 0 Å². The summed E-state index contributed by atoms with van der Waals surface area (Å²) >= 11 is 0. The van der Waals surface area contributed by atoms with Gasteiger partial charge in [-0.15, -0.1) is 0 Å². The largest absolute Gasteiger partial charge is 0.207 e. The first-order valence-electron chi connectivity index (χ1n) is 7.02. The zero-order valence-electron chi connectivity index (χ0n) is 10.8. The minimum Gasteiger partial charge on any atom is -0.207 e. The molecule has 0 bridgehead atoms. The minimum atomic E-state index is -0.124. The summed E-state index contributed by atoms with van der Waals surface area (Å²) in [5.41, 5.74) is 1.30. The summed E-state index contributed by atoms with van der Waals surface area (Å²) in [5, 5.41) is 0. The smallest absolute Gasteiger partial charge is 0.123 e. The minimum absolute atomic E-state index is 0.124. The van der Waals surface area contributed by atoms with Crippen LogP contribution in [0.5, 0.6) is 0 Å². The molecule has 0 amide bonds. The van der Waals surface area contributed by atoms with Gasteiger partial charge in [0.15, 0.2) is 0 Å². The highest BCUT2D eigenvalue weighted by molar-refractivity contribution is 5.16. The average Bonchev–Trinajstić information content (AvgIpc) is 2.57. The van der Waals surface area contributed by atoms with Gasteiger partial charge in [-0.05, 0) is 42.4 Å². The van der Waals surface area contributed by atoms with Gasteiger partial charge < -0.3 is 0 Å². The lowest BCUT2D eigenvalue weighted by Gasteiger charge is -2.14. The number of hydrogen-bond acceptors (Lipinski definition) is 0. The molecule has 0 N–H and O–H groups in total. The highest BCUT2D eigenvalue weighted by Gasteiger charge is 2.17. The molecule has 1 saturated carbocycles. The Kier molecular flexibility index (Phi) is 4.58. The summed E-state index contributed by atoms with van der Waals surface area (Å²) < 4.78 is 12.8. The predicted octanol–water partition coefficient (Wildman–Crippen LogP) is 4.97. The molecule has 1 aliphatic rings. The molecule has 94 valence electrons. The van der Waals surface area contributed by atoms with Gasteiger partial charge >= 0.3 is 0 Å². The van der Waals surface area contributed by atoms with E-state index in [9.17, 15) is 4.39 Å². The van der Waals surface area contributed by atoms with Crippen molar-refractivity contribution in [1.29, 1.82) is 0 Å². The lowest BCUT2D eigenvalue weighted by Crippen LogP contribution is -2.03. The van der Waals surface area contributed by atoms with Crippen molar-refractivity contribution >= 4 is 0 Å². The van der Waals surface area contributed by atoms with E-state index in [1.165, 1.54) is 44.1 Å². The van der Waals surface area contributed by atoms with Crippen molar-refractivity contribution in [3.63, 3.8) is 0 Å². The van der Waals surface area contributed by atoms with E-state index >= 15 is 0 Å². The van der Waals surface area contributed by atoms with Crippen LogP contribution in [-0.4, -0.2) is 0 Å². The zero-order chi connectivity index (χ0) is 12.1. The van der Waals surface area contributed by atoms with E-state index in [0.717, 1.165) is 18.3 Å². The lowest BCUT2D eigenvalue weighted by atomic mass is 9.91. The molecule has 2 rings (SSSR count). The fourth-order valence-electron chi connectivity index (χ4n) is 3.02. The molecule has 1 aromatic rings. The van der Waals surface area contributed by atoms with Gasteiger partial charge in [-0.2, -0.15) is 0 Å². The number of benzene rings is 1. The van der Waals surface area contributed by atoms with Crippen LogP contribution in [0.1, 0.15) is 51.0 Å². The number of hydrogen-bond donors (Lipinski definition) is 0. The van der Waals surface area contributed by atoms with Gasteiger partial charge in [-0.3, -0.25) is 0 Å². The molecule has 2 atom stereocenters. The molecule has 0 radical (unpaired) electrons. The Balaban J connectivity index is 1.88. The first-order chi connectivity index (χ1) is 8.28. The van der Waals surface area contributed by atoms with Gasteiger partial charge in [0, 0.05) is 0 Å². The highest BCUT2D eigenvalue weighted by Crippen LogP contribution is 2.30. The van der Waals surface area contributed by atoms with Crippen LogP contribution in [0.25, 0.3) is 0 Å². The van der Waals surface area contributed by atoms with Crippen molar-refractivity contribution in [2.45, 2.75) is 51.9 Å². The first-order valence-corrected chi connectivity index (χ1v) is 7.02. The summed E-state index contributed by atoms with van der Waals surface area (Å²) in [5.74, 6) is 1.64. The van der Waals surface area contributed by atoms with Crippen LogP contribution in [0.15, 0.2) is 24.3 Å². The van der Waals surface area contributed by atoms with Crippen molar-refractivity contribution in [3.05, 3.63) is 35.6 Å². The summed E-state index contributed by atoms with van der Waals surface area (Å²) in [4.78, 5) is 0. The maximum atomic E-state index is 12.8.